The number of aliphatic hydroxyl groups is 3. The first-order valence-corrected chi connectivity index (χ1v) is 10.1. The van der Waals surface area contributed by atoms with Crippen molar-refractivity contribution in [3.05, 3.63) is 11.1 Å². The van der Waals surface area contributed by atoms with Crippen LogP contribution in [0.4, 0.5) is 0 Å². The molecular weight excluding hydrogens is 332 g/mol. The molecule has 4 rings (SSSR count). The highest BCUT2D eigenvalue weighted by atomic mass is 16.4. The number of hydrogen-bond donors (Lipinski definition) is 4. The van der Waals surface area contributed by atoms with Gasteiger partial charge in [-0.05, 0) is 75.0 Å². The molecule has 0 aromatic carbocycles. The lowest BCUT2D eigenvalue weighted by molar-refractivity contribution is -0.193. The van der Waals surface area contributed by atoms with Gasteiger partial charge in [0.2, 0.25) is 0 Å². The van der Waals surface area contributed by atoms with Crippen LogP contribution in [0, 0.1) is 28.6 Å². The van der Waals surface area contributed by atoms with Crippen molar-refractivity contribution in [2.24, 2.45) is 28.6 Å². The summed E-state index contributed by atoms with van der Waals surface area (Å²) in [4.78, 5) is 11.9. The average molecular weight is 364 g/mol. The van der Waals surface area contributed by atoms with E-state index in [2.05, 4.69) is 13.8 Å². The van der Waals surface area contributed by atoms with E-state index in [1.165, 1.54) is 11.1 Å². The predicted molar refractivity (Wildman–Crippen MR) is 96.3 cm³/mol. The van der Waals surface area contributed by atoms with Crippen LogP contribution in [0.5, 0.6) is 0 Å². The van der Waals surface area contributed by atoms with Crippen molar-refractivity contribution in [1.82, 2.24) is 0 Å². The van der Waals surface area contributed by atoms with Crippen molar-refractivity contribution in [3.63, 3.8) is 0 Å². The minimum absolute atomic E-state index is 0.0860. The Morgan fingerprint density at radius 2 is 1.81 bits per heavy atom. The lowest BCUT2D eigenvalue weighted by Crippen LogP contribution is -2.61. The zero-order chi connectivity index (χ0) is 19.1. The van der Waals surface area contributed by atoms with Gasteiger partial charge in [-0.2, -0.15) is 0 Å². The highest BCUT2D eigenvalue weighted by molar-refractivity contribution is 5.79. The monoisotopic (exact) mass is 364 g/mol. The molecule has 26 heavy (non-hydrogen) atoms. The van der Waals surface area contributed by atoms with Crippen molar-refractivity contribution >= 4 is 5.97 Å². The summed E-state index contributed by atoms with van der Waals surface area (Å²) in [5, 5.41) is 42.0. The number of rotatable bonds is 1. The highest BCUT2D eigenvalue weighted by Gasteiger charge is 2.68. The van der Waals surface area contributed by atoms with Gasteiger partial charge in [-0.15, -0.1) is 0 Å². The fourth-order valence-corrected chi connectivity index (χ4v) is 7.59. The first-order valence-electron chi connectivity index (χ1n) is 10.1. The third kappa shape index (κ3) is 2.11. The number of aliphatic carboxylic acids is 1. The number of allylic oxidation sites excluding steroid dienone is 1. The second kappa shape index (κ2) is 5.55. The van der Waals surface area contributed by atoms with Crippen LogP contribution in [0.3, 0.4) is 0 Å². The maximum absolute atomic E-state index is 11.9. The van der Waals surface area contributed by atoms with Gasteiger partial charge in [0.1, 0.15) is 0 Å². The van der Waals surface area contributed by atoms with Gasteiger partial charge in [0.25, 0.3) is 0 Å². The van der Waals surface area contributed by atoms with Crippen molar-refractivity contribution in [2.45, 2.75) is 83.5 Å². The van der Waals surface area contributed by atoms with Crippen LogP contribution in [0.1, 0.15) is 65.7 Å². The zero-order valence-corrected chi connectivity index (χ0v) is 16.0. The molecule has 0 saturated heterocycles. The van der Waals surface area contributed by atoms with E-state index in [-0.39, 0.29) is 35.7 Å². The molecule has 0 spiro atoms. The molecule has 146 valence electrons. The summed E-state index contributed by atoms with van der Waals surface area (Å²) in [7, 11) is 0. The van der Waals surface area contributed by atoms with Crippen LogP contribution >= 0.6 is 0 Å². The number of carbonyl (C=O) groups is 1. The molecule has 0 radical (unpaired) electrons. The quantitative estimate of drug-likeness (QED) is 0.536. The van der Waals surface area contributed by atoms with Gasteiger partial charge >= 0.3 is 5.97 Å². The number of hydrogen-bond acceptors (Lipinski definition) is 4. The summed E-state index contributed by atoms with van der Waals surface area (Å²) in [5.41, 5.74) is -0.0505. The average Bonchev–Trinajstić information content (AvgIpc) is 2.81. The lowest BCUT2D eigenvalue weighted by atomic mass is 9.45. The molecule has 4 N–H and O–H groups in total. The molecule has 3 unspecified atom stereocenters. The van der Waals surface area contributed by atoms with E-state index < -0.39 is 23.1 Å². The van der Waals surface area contributed by atoms with Gasteiger partial charge in [0.15, 0.2) is 5.60 Å². The number of carboxylic acid groups (broad SMARTS) is 1. The standard InChI is InChI=1S/C21H32O5/c1-11-8-13-14-5-7-21(26,18(24)25)20(14,3)10-16(23)17(13)19(2)6-4-12(22)9-15(11)19/h12-14,16-17,22-23,26H,4-10H2,1-3H3,(H,24,25)/t12?,13-,14-,16?,17-,19-,20-,21?/m0/s1. The summed E-state index contributed by atoms with van der Waals surface area (Å²) in [6.45, 7) is 6.25. The van der Waals surface area contributed by atoms with Crippen molar-refractivity contribution in [3.8, 4) is 0 Å². The maximum Gasteiger partial charge on any atom is 0.336 e. The second-order valence-corrected chi connectivity index (χ2v) is 9.97. The van der Waals surface area contributed by atoms with Gasteiger partial charge in [-0.1, -0.05) is 25.0 Å². The van der Waals surface area contributed by atoms with Crippen LogP contribution in [0.2, 0.25) is 0 Å². The van der Waals surface area contributed by atoms with E-state index in [4.69, 9.17) is 0 Å². The summed E-state index contributed by atoms with van der Waals surface area (Å²) in [6.07, 6.45) is 3.56. The van der Waals surface area contributed by atoms with Crippen LogP contribution in [0.15, 0.2) is 11.1 Å². The molecule has 0 aliphatic heterocycles. The van der Waals surface area contributed by atoms with Crippen LogP contribution in [-0.4, -0.2) is 44.2 Å². The smallest absolute Gasteiger partial charge is 0.336 e. The van der Waals surface area contributed by atoms with E-state index in [0.29, 0.717) is 19.3 Å². The van der Waals surface area contributed by atoms with Crippen molar-refractivity contribution in [1.29, 1.82) is 0 Å². The van der Waals surface area contributed by atoms with Gasteiger partial charge in [0, 0.05) is 5.41 Å². The Balaban J connectivity index is 1.78. The van der Waals surface area contributed by atoms with Gasteiger partial charge in [0.05, 0.1) is 12.2 Å². The highest BCUT2D eigenvalue weighted by Crippen LogP contribution is 2.68. The van der Waals surface area contributed by atoms with E-state index >= 15 is 0 Å². The van der Waals surface area contributed by atoms with Crippen LogP contribution < -0.4 is 0 Å². The molecule has 0 heterocycles. The van der Waals surface area contributed by atoms with E-state index in [1.54, 1.807) is 0 Å². The Hall–Kier alpha value is -0.910. The van der Waals surface area contributed by atoms with Crippen LogP contribution in [0.25, 0.3) is 0 Å². The Labute approximate surface area is 155 Å². The second-order valence-electron chi connectivity index (χ2n) is 9.97. The van der Waals surface area contributed by atoms with E-state index in [1.807, 2.05) is 6.92 Å². The first kappa shape index (κ1) is 18.5. The number of carboxylic acids is 1. The fraction of sp³-hybridized carbons (Fsp3) is 0.857. The molecular formula is C21H32O5. The molecule has 5 nitrogen and oxygen atoms in total. The molecule has 5 heteroatoms. The molecule has 3 saturated carbocycles. The predicted octanol–water partition coefficient (Wildman–Crippen LogP) is 2.49. The summed E-state index contributed by atoms with van der Waals surface area (Å²) in [6, 6.07) is 0. The first-order chi connectivity index (χ1) is 12.0. The molecule has 0 aromatic rings. The Morgan fingerprint density at radius 1 is 1.12 bits per heavy atom. The Kier molecular flexibility index (Phi) is 3.94. The SMILES string of the molecule is CC1=C2CC(O)CC[C@]2(C)[C@@H]2C(O)C[C@@]3(C)[C@@H](CCC3(O)C(=O)O)[C@@H]2C1. The van der Waals surface area contributed by atoms with Crippen molar-refractivity contribution in [2.75, 3.05) is 0 Å². The zero-order valence-electron chi connectivity index (χ0n) is 16.0. The normalized spacial score (nSPS) is 53.7. The molecule has 4 aliphatic rings. The Bertz CT molecular complexity index is 671. The van der Waals surface area contributed by atoms with Crippen LogP contribution in [-0.2, 0) is 4.79 Å². The van der Waals surface area contributed by atoms with E-state index in [9.17, 15) is 25.2 Å². The molecule has 4 aliphatic carbocycles. The summed E-state index contributed by atoms with van der Waals surface area (Å²) >= 11 is 0. The molecule has 0 bridgehead atoms. The third-order valence-corrected chi connectivity index (χ3v) is 8.88. The minimum Gasteiger partial charge on any atom is -0.479 e. The summed E-state index contributed by atoms with van der Waals surface area (Å²) < 4.78 is 0. The van der Waals surface area contributed by atoms with Gasteiger partial charge in [-0.3, -0.25) is 0 Å². The largest absolute Gasteiger partial charge is 0.479 e. The molecule has 3 fully saturated rings. The number of fused-ring (bicyclic) bond motifs is 5. The van der Waals surface area contributed by atoms with Crippen molar-refractivity contribution < 1.29 is 25.2 Å². The van der Waals surface area contributed by atoms with Gasteiger partial charge < -0.3 is 20.4 Å². The molecule has 0 aromatic heterocycles. The third-order valence-electron chi connectivity index (χ3n) is 8.88. The summed E-state index contributed by atoms with van der Waals surface area (Å²) in [5.74, 6) is -0.759. The fourth-order valence-electron chi connectivity index (χ4n) is 7.59. The molecule has 0 amide bonds. The topological polar surface area (TPSA) is 98.0 Å². The Morgan fingerprint density at radius 3 is 2.46 bits per heavy atom. The van der Waals surface area contributed by atoms with Gasteiger partial charge in [-0.25, -0.2) is 4.79 Å². The maximum atomic E-state index is 11.9. The van der Waals surface area contributed by atoms with E-state index in [0.717, 1.165) is 19.3 Å². The minimum atomic E-state index is -1.74. The molecule has 8 atom stereocenters. The number of aliphatic hydroxyl groups excluding tert-OH is 2. The lowest BCUT2D eigenvalue weighted by Gasteiger charge is -2.60.